The third-order valence-corrected chi connectivity index (χ3v) is 11.0. The van der Waals surface area contributed by atoms with Crippen LogP contribution in [0.1, 0.15) is 31.9 Å². The van der Waals surface area contributed by atoms with E-state index in [-0.39, 0.29) is 0 Å². The van der Waals surface area contributed by atoms with Crippen molar-refractivity contribution >= 4 is 70.4 Å². The molecule has 0 radical (unpaired) electrons. The summed E-state index contributed by atoms with van der Waals surface area (Å²) >= 11 is 15.5. The van der Waals surface area contributed by atoms with Crippen LogP contribution in [-0.2, 0) is 13.1 Å². The van der Waals surface area contributed by atoms with Gasteiger partial charge < -0.3 is 34.3 Å². The van der Waals surface area contributed by atoms with Crippen LogP contribution in [0, 0.1) is 0 Å². The van der Waals surface area contributed by atoms with Crippen LogP contribution in [0.25, 0.3) is 0 Å². The average Bonchev–Trinajstić information content (AvgIpc) is 3.30. The van der Waals surface area contributed by atoms with Crippen molar-refractivity contribution in [2.45, 2.75) is 43.7 Å². The number of ether oxygens (including phenoxy) is 5. The lowest BCUT2D eigenvalue weighted by Crippen LogP contribution is -2.29. The summed E-state index contributed by atoms with van der Waals surface area (Å²) in [4.78, 5) is 11.3. The highest BCUT2D eigenvalue weighted by molar-refractivity contribution is 7.98. The van der Waals surface area contributed by atoms with Crippen molar-refractivity contribution in [3.8, 4) is 40.2 Å². The van der Waals surface area contributed by atoms with E-state index in [0.717, 1.165) is 38.0 Å². The molecule has 0 amide bonds. The zero-order chi connectivity index (χ0) is 43.0. The predicted octanol–water partition coefficient (Wildman–Crippen LogP) is 12.9. The highest BCUT2D eigenvalue weighted by atomic mass is 35.5. The van der Waals surface area contributed by atoms with E-state index in [0.29, 0.717) is 76.2 Å². The molecule has 0 atom stereocenters. The second-order valence-electron chi connectivity index (χ2n) is 12.5. The summed E-state index contributed by atoms with van der Waals surface area (Å²) in [6.07, 6.45) is 0. The predicted molar refractivity (Wildman–Crippen MR) is 252 cm³/mol. The Kier molecular flexibility index (Phi) is 16.6. The molecule has 2 aliphatic rings. The molecular formula is C46H46Cl2N6O5S2. The van der Waals surface area contributed by atoms with Crippen LogP contribution in [0.15, 0.2) is 147 Å². The van der Waals surface area contributed by atoms with E-state index >= 15 is 0 Å². The molecule has 15 heteroatoms. The van der Waals surface area contributed by atoms with E-state index in [9.17, 15) is 0 Å². The average molecular weight is 898 g/mol. The number of rotatable bonds is 12. The first-order valence-electron chi connectivity index (χ1n) is 19.4. The smallest absolute Gasteiger partial charge is 0.206 e. The van der Waals surface area contributed by atoms with Crippen molar-refractivity contribution in [3.63, 3.8) is 0 Å². The largest absolute Gasteiger partial charge is 0.494 e. The second-order valence-corrected chi connectivity index (χ2v) is 15.1. The number of nitrogens with one attached hydrogen (secondary N) is 4. The monoisotopic (exact) mass is 896 g/mol. The van der Waals surface area contributed by atoms with Crippen LogP contribution in [0.5, 0.6) is 40.2 Å². The van der Waals surface area contributed by atoms with Gasteiger partial charge in [0.1, 0.15) is 17.2 Å². The van der Waals surface area contributed by atoms with Crippen LogP contribution in [0.4, 0.5) is 11.4 Å². The molecule has 316 valence electrons. The molecule has 0 saturated heterocycles. The molecule has 6 aromatic rings. The lowest BCUT2D eigenvalue weighted by atomic mass is 10.2. The van der Waals surface area contributed by atoms with E-state index in [1.54, 1.807) is 26.4 Å². The minimum absolute atomic E-state index is 0.471. The molecule has 6 aromatic carbocycles. The number of guanidine groups is 2. The molecule has 0 aliphatic carbocycles. The van der Waals surface area contributed by atoms with Crippen molar-refractivity contribution < 1.29 is 23.7 Å². The van der Waals surface area contributed by atoms with Crippen molar-refractivity contribution in [2.75, 3.05) is 31.5 Å². The first-order valence-corrected chi connectivity index (χ1v) is 21.8. The summed E-state index contributed by atoms with van der Waals surface area (Å²) in [6.45, 7) is 7.56. The van der Waals surface area contributed by atoms with E-state index in [1.807, 2.05) is 136 Å². The number of halogens is 2. The minimum Gasteiger partial charge on any atom is -0.494 e. The van der Waals surface area contributed by atoms with Gasteiger partial charge in [-0.05, 0) is 103 Å². The Morgan fingerprint density at radius 3 is 1.54 bits per heavy atom. The normalized spacial score (nSPS) is 13.5. The molecule has 0 bridgehead atoms. The Balaban J connectivity index is 0.000000196. The number of hydrogen-bond acceptors (Lipinski definition) is 9. The van der Waals surface area contributed by atoms with Crippen molar-refractivity contribution in [1.29, 1.82) is 0 Å². The van der Waals surface area contributed by atoms with Gasteiger partial charge in [0.05, 0.1) is 65.1 Å². The van der Waals surface area contributed by atoms with Gasteiger partial charge in [0.15, 0.2) is 23.0 Å². The van der Waals surface area contributed by atoms with Crippen LogP contribution >= 0.6 is 47.1 Å². The molecule has 0 saturated carbocycles. The van der Waals surface area contributed by atoms with Crippen LogP contribution < -0.4 is 43.8 Å². The van der Waals surface area contributed by atoms with Crippen LogP contribution in [-0.4, -0.2) is 32.7 Å². The van der Waals surface area contributed by atoms with Gasteiger partial charge in [0.25, 0.3) is 0 Å². The van der Waals surface area contributed by atoms with Gasteiger partial charge in [0, 0.05) is 5.56 Å². The van der Waals surface area contributed by atoms with Crippen molar-refractivity contribution in [1.82, 2.24) is 9.44 Å². The summed E-state index contributed by atoms with van der Waals surface area (Å²) < 4.78 is 34.9. The lowest BCUT2D eigenvalue weighted by Gasteiger charge is -2.23. The molecule has 61 heavy (non-hydrogen) atoms. The summed E-state index contributed by atoms with van der Waals surface area (Å²) in [7, 11) is 3.23. The highest BCUT2D eigenvalue weighted by Gasteiger charge is 2.21. The first-order chi connectivity index (χ1) is 29.9. The molecule has 0 unspecified atom stereocenters. The standard InChI is InChI=1S/C22H20ClN3O3S.C22H20ClN3O2S.C2H6/c1-27-17-11-10-14(12-19(17)28-2)13-24-22-25-21-18(8-5-9-20(21)30-26-22)29-16-7-4-3-6-15(16)23;1-2-27-17-10-5-3-8-15(17)14-24-22-25-21-19(12-7-13-20(21)29-26-22)28-18-11-6-4-9-16(18)23;1-2/h3-12H,13H2,1-2H3,(H2,24,25,26);3-13H,2,14H2,1H3,(H2,24,25,26);1-2H3. The first kappa shape index (κ1) is 44.7. The number of benzene rings is 6. The second kappa shape index (κ2) is 22.7. The summed E-state index contributed by atoms with van der Waals surface area (Å²) in [5, 5.41) is 7.77. The number of methoxy groups -OCH3 is 2. The molecular weight excluding hydrogens is 852 g/mol. The Labute approximate surface area is 375 Å². The maximum Gasteiger partial charge on any atom is 0.206 e. The molecule has 2 heterocycles. The minimum atomic E-state index is 0.471. The van der Waals surface area contributed by atoms with Gasteiger partial charge in [-0.1, -0.05) is 97.7 Å². The van der Waals surface area contributed by atoms with Gasteiger partial charge in [-0.15, -0.1) is 0 Å². The van der Waals surface area contributed by atoms with Gasteiger partial charge in [-0.2, -0.15) is 0 Å². The third kappa shape index (κ3) is 11.9. The Bertz CT molecular complexity index is 2470. The van der Waals surface area contributed by atoms with E-state index in [1.165, 1.54) is 23.9 Å². The van der Waals surface area contributed by atoms with E-state index in [2.05, 4.69) is 30.1 Å². The number of hydrogen-bond donors (Lipinski definition) is 4. The summed E-state index contributed by atoms with van der Waals surface area (Å²) in [5.41, 5.74) is 3.72. The maximum absolute atomic E-state index is 6.25. The molecule has 0 aromatic heterocycles. The highest BCUT2D eigenvalue weighted by Crippen LogP contribution is 2.42. The molecule has 0 fully saturated rings. The fourth-order valence-electron chi connectivity index (χ4n) is 5.78. The Morgan fingerprint density at radius 2 is 1.02 bits per heavy atom. The number of fused-ring (bicyclic) bond motifs is 2. The molecule has 11 nitrogen and oxygen atoms in total. The maximum atomic E-state index is 6.25. The fourth-order valence-corrected chi connectivity index (χ4v) is 7.58. The lowest BCUT2D eigenvalue weighted by molar-refractivity contribution is 0.336. The fraction of sp³-hybridized carbons (Fsp3) is 0.174. The molecule has 2 aliphatic heterocycles. The quantitative estimate of drug-likeness (QED) is 0.0879. The van der Waals surface area contributed by atoms with Crippen LogP contribution in [0.3, 0.4) is 0 Å². The number of nitrogens with zero attached hydrogens (tertiary/aromatic N) is 2. The molecule has 8 rings (SSSR count). The van der Waals surface area contributed by atoms with Gasteiger partial charge in [0.2, 0.25) is 11.9 Å². The van der Waals surface area contributed by atoms with Crippen molar-refractivity contribution in [3.05, 3.63) is 149 Å². The van der Waals surface area contributed by atoms with Gasteiger partial charge in [-0.3, -0.25) is 9.44 Å². The van der Waals surface area contributed by atoms with Gasteiger partial charge >= 0.3 is 0 Å². The van der Waals surface area contributed by atoms with E-state index < -0.39 is 0 Å². The Hall–Kier alpha value is -5.86. The van der Waals surface area contributed by atoms with Crippen molar-refractivity contribution in [2.24, 2.45) is 9.98 Å². The Morgan fingerprint density at radius 1 is 0.525 bits per heavy atom. The molecule has 4 N–H and O–H groups in total. The van der Waals surface area contributed by atoms with Crippen LogP contribution in [0.2, 0.25) is 10.0 Å². The summed E-state index contributed by atoms with van der Waals surface area (Å²) in [6, 6.07) is 40.2. The topological polar surface area (TPSA) is 119 Å². The van der Waals surface area contributed by atoms with Gasteiger partial charge in [-0.25, -0.2) is 9.98 Å². The zero-order valence-electron chi connectivity index (χ0n) is 34.3. The number of aliphatic imine (C=N–C) groups is 2. The SMILES string of the molecule is CC.CCOc1ccccc1CN=C1NSc2cccc(Oc3ccccc3Cl)c2N1.COc1ccc(CN=C2NSc3cccc(Oc4ccccc4Cl)c3N2)cc1OC. The number of para-hydroxylation sites is 5. The third-order valence-electron chi connectivity index (χ3n) is 8.64. The summed E-state index contributed by atoms with van der Waals surface area (Å²) in [5.74, 6) is 6.08. The van der Waals surface area contributed by atoms with E-state index in [4.69, 9.17) is 46.9 Å². The zero-order valence-corrected chi connectivity index (χ0v) is 37.4. The molecule has 0 spiro atoms. The number of anilines is 2.